The van der Waals surface area contributed by atoms with Gasteiger partial charge in [0.2, 0.25) is 5.78 Å². The number of benzene rings is 2. The first-order chi connectivity index (χ1) is 36.4. The summed E-state index contributed by atoms with van der Waals surface area (Å²) in [7, 11) is -5.00. The number of likely N-dealkylation sites (N-methyl/N-ethyl adjacent to an activating group) is 1. The van der Waals surface area contributed by atoms with Crippen molar-refractivity contribution in [3.05, 3.63) is 89.0 Å². The van der Waals surface area contributed by atoms with Gasteiger partial charge in [0, 0.05) is 48.0 Å². The molecular formula is C60H88N2O13P+. The molecule has 15 nitrogen and oxygen atoms in total. The maximum Gasteiger partial charge on any atom is 0.524 e. The monoisotopic (exact) mass is 1080 g/mol. The number of ether oxygens (including phenoxy) is 4. The molecule has 2 aromatic rings. The number of aliphatic hydroxyl groups excluding tert-OH is 2. The molecule has 5 fully saturated rings. The topological polar surface area (TPSA) is 207 Å². The minimum atomic E-state index is -5.00. The van der Waals surface area contributed by atoms with Crippen LogP contribution in [-0.2, 0) is 50.9 Å². The van der Waals surface area contributed by atoms with Crippen molar-refractivity contribution in [2.75, 3.05) is 46.0 Å². The molecule has 1 saturated heterocycles. The maximum absolute atomic E-state index is 15.3. The molecule has 2 aromatic carbocycles. The Kier molecular flexibility index (Phi) is 19.4. The molecule has 0 radical (unpaired) electrons. The lowest BCUT2D eigenvalue weighted by molar-refractivity contribution is -0.951. The summed E-state index contributed by atoms with van der Waals surface area (Å²) in [4.78, 5) is 62.2. The van der Waals surface area contributed by atoms with Crippen LogP contribution in [0, 0.1) is 34.5 Å². The number of rotatable bonds is 27. The van der Waals surface area contributed by atoms with Gasteiger partial charge in [0.05, 0.1) is 31.4 Å². The molecule has 5 unspecified atom stereocenters. The van der Waals surface area contributed by atoms with Crippen molar-refractivity contribution >= 4 is 25.4 Å². The fourth-order valence-electron chi connectivity index (χ4n) is 14.9. The number of nitrogens with one attached hydrogen (secondary N) is 1. The minimum Gasteiger partial charge on any atom is -0.453 e. The lowest BCUT2D eigenvalue weighted by Crippen LogP contribution is -2.64. The molecule has 0 aromatic heterocycles. The summed E-state index contributed by atoms with van der Waals surface area (Å²) in [6.45, 7) is 12.7. The molecule has 420 valence electrons. The molecule has 11 atom stereocenters. The fourth-order valence-corrected chi connectivity index (χ4v) is 15.3. The van der Waals surface area contributed by atoms with E-state index in [1.807, 2.05) is 26.0 Å². The van der Waals surface area contributed by atoms with Crippen molar-refractivity contribution in [3.63, 3.8) is 0 Å². The van der Waals surface area contributed by atoms with Crippen LogP contribution in [0.25, 0.3) is 0 Å². The molecule has 5 N–H and O–H groups in total. The Morgan fingerprint density at radius 2 is 1.67 bits per heavy atom. The Balaban J connectivity index is 0.895. The number of nitrogens with zero attached hydrogens (tertiary/aromatic N) is 1. The van der Waals surface area contributed by atoms with E-state index in [9.17, 15) is 34.2 Å². The first-order valence-corrected chi connectivity index (χ1v) is 30.3. The van der Waals surface area contributed by atoms with Gasteiger partial charge in [-0.25, -0.2) is 9.36 Å². The smallest absolute Gasteiger partial charge is 0.453 e. The van der Waals surface area contributed by atoms with Crippen LogP contribution in [0.2, 0.25) is 0 Å². The van der Waals surface area contributed by atoms with Gasteiger partial charge >= 0.3 is 13.8 Å². The van der Waals surface area contributed by atoms with Crippen molar-refractivity contribution < 1.29 is 66.9 Å². The number of carbonyl (C=O) groups is 3. The van der Waals surface area contributed by atoms with Gasteiger partial charge in [-0.3, -0.25) is 19.4 Å². The Labute approximate surface area is 451 Å². The number of quaternary nitrogens is 1. The van der Waals surface area contributed by atoms with E-state index in [-0.39, 0.29) is 58.6 Å². The molecule has 0 amide bonds. The summed E-state index contributed by atoms with van der Waals surface area (Å²) in [5.41, 5.74) is 0.541. The summed E-state index contributed by atoms with van der Waals surface area (Å²) in [5, 5.41) is 27.0. The third-order valence-corrected chi connectivity index (χ3v) is 19.7. The van der Waals surface area contributed by atoms with E-state index in [0.717, 1.165) is 109 Å². The SMILES string of the molecule is CC[N+](CC)(Cc1cc(C(O)CNCCCCCCOCCCCc2ccccc2)ccc1OP(=O)(O)O)C(C)C(=O)OCC(=O)[C@@]12O[C@H](C3CCCCC3)O[C@H]1CC1C3CCC4=CC(=O)C=C[C@]4(C)C3[C@@H](O)C[C@@]12C. The molecule has 6 aliphatic rings. The Morgan fingerprint density at radius 1 is 0.947 bits per heavy atom. The van der Waals surface area contributed by atoms with Crippen LogP contribution in [0.3, 0.4) is 0 Å². The highest BCUT2D eigenvalue weighted by molar-refractivity contribution is 7.46. The number of Topliss-reactive ketones (excluding diaryl/α,β-unsaturated/α-hetero) is 1. The van der Waals surface area contributed by atoms with Gasteiger partial charge in [0.1, 0.15) is 12.3 Å². The summed E-state index contributed by atoms with van der Waals surface area (Å²) < 4.78 is 43.5. The van der Waals surface area contributed by atoms with Gasteiger partial charge in [-0.2, -0.15) is 0 Å². The van der Waals surface area contributed by atoms with E-state index >= 15 is 4.79 Å². The summed E-state index contributed by atoms with van der Waals surface area (Å²) >= 11 is 0. The van der Waals surface area contributed by atoms with E-state index in [0.29, 0.717) is 43.6 Å². The lowest BCUT2D eigenvalue weighted by atomic mass is 9.46. The summed E-state index contributed by atoms with van der Waals surface area (Å²) in [6, 6.07) is 14.4. The van der Waals surface area contributed by atoms with E-state index < -0.39 is 67.5 Å². The minimum absolute atomic E-state index is 0.0310. The van der Waals surface area contributed by atoms with E-state index in [4.69, 9.17) is 23.5 Å². The van der Waals surface area contributed by atoms with Gasteiger partial charge in [-0.1, -0.05) is 94.0 Å². The third kappa shape index (κ3) is 12.5. The highest BCUT2D eigenvalue weighted by atomic mass is 31.2. The number of carbonyl (C=O) groups excluding carboxylic acids is 3. The molecule has 5 aliphatic carbocycles. The van der Waals surface area contributed by atoms with E-state index in [1.54, 1.807) is 31.2 Å². The number of unbranched alkanes of at least 4 members (excludes halogenated alkanes) is 4. The van der Waals surface area contributed by atoms with Gasteiger partial charge in [0.25, 0.3) is 0 Å². The quantitative estimate of drug-likeness (QED) is 0.0245. The Hall–Kier alpha value is -3.60. The highest BCUT2D eigenvalue weighted by Gasteiger charge is 2.76. The Morgan fingerprint density at radius 3 is 2.39 bits per heavy atom. The highest BCUT2D eigenvalue weighted by Crippen LogP contribution is 2.70. The van der Waals surface area contributed by atoms with Gasteiger partial charge in [0.15, 0.2) is 30.3 Å². The molecule has 4 saturated carbocycles. The van der Waals surface area contributed by atoms with Crippen LogP contribution in [0.1, 0.15) is 154 Å². The van der Waals surface area contributed by atoms with Crippen molar-refractivity contribution in [1.82, 2.24) is 5.32 Å². The number of fused-ring (bicyclic) bond motifs is 7. The first-order valence-electron chi connectivity index (χ1n) is 28.8. The molecule has 76 heavy (non-hydrogen) atoms. The van der Waals surface area contributed by atoms with Crippen molar-refractivity contribution in [1.29, 1.82) is 0 Å². The molecule has 0 bridgehead atoms. The predicted octanol–water partition coefficient (Wildman–Crippen LogP) is 9.19. The van der Waals surface area contributed by atoms with E-state index in [1.165, 1.54) is 11.6 Å². The average Bonchev–Trinajstić information content (AvgIpc) is 4.09. The number of hydrogen-bond acceptors (Lipinski definition) is 12. The second kappa shape index (κ2) is 25.2. The van der Waals surface area contributed by atoms with Gasteiger partial charge in [-0.15, -0.1) is 0 Å². The van der Waals surface area contributed by atoms with Crippen LogP contribution < -0.4 is 9.84 Å². The van der Waals surface area contributed by atoms with Crippen LogP contribution in [0.4, 0.5) is 0 Å². The number of hydrogen-bond donors (Lipinski definition) is 5. The van der Waals surface area contributed by atoms with Gasteiger partial charge < -0.3 is 43.5 Å². The van der Waals surface area contributed by atoms with Gasteiger partial charge in [-0.05, 0) is 145 Å². The number of esters is 1. The number of allylic oxidation sites excluding steroid dienone is 4. The van der Waals surface area contributed by atoms with Crippen LogP contribution in [-0.4, -0.2) is 118 Å². The van der Waals surface area contributed by atoms with Crippen molar-refractivity contribution in [2.24, 2.45) is 34.5 Å². The lowest BCUT2D eigenvalue weighted by Gasteiger charge is -2.59. The maximum atomic E-state index is 15.3. The van der Waals surface area contributed by atoms with Crippen LogP contribution in [0.5, 0.6) is 5.75 Å². The van der Waals surface area contributed by atoms with E-state index in [2.05, 4.69) is 43.4 Å². The molecule has 16 heteroatoms. The zero-order chi connectivity index (χ0) is 54.3. The number of phosphoric ester groups is 1. The number of ketones is 2. The zero-order valence-electron chi connectivity index (χ0n) is 45.9. The standard InChI is InChI=1S/C60H87N2O13P/c1-6-62(7-2,39-45-34-44(25-28-52(45)75-76(68,69)70)51(65)38-61-31-17-8-9-18-32-71-33-19-16-22-42-20-12-10-13-21-42)41(3)56(67)72-40-53(66)60-54(73-57(74-60)43-23-14-11-15-24-43)36-49-48-27-26-46-35-47(63)29-30-58(46,4)55(48)50(64)37-59(49,60)5/h10,12-13,20-21,25,28-30,34-35,41,43,48-51,54-55,57,61,64-65H,6-9,11,14-19,22-24,26-27,31-33,36-40H2,1-5H3,(H-,68,69,70)/p+1/t41?,48?,49?,50-,51?,54-,55?,57+,58-,59-,60+/m0/s1. The largest absolute Gasteiger partial charge is 0.524 e. The zero-order valence-corrected chi connectivity index (χ0v) is 46.8. The van der Waals surface area contributed by atoms with Crippen LogP contribution in [0.15, 0.2) is 72.3 Å². The number of aryl methyl sites for hydroxylation is 1. The second-order valence-corrected chi connectivity index (χ2v) is 24.7. The number of aliphatic hydroxyl groups is 2. The normalized spacial score (nSPS) is 30.2. The third-order valence-electron chi connectivity index (χ3n) is 19.2. The molecule has 1 heterocycles. The fraction of sp³-hybridized carbons (Fsp3) is 0.683. The number of phosphoric acid groups is 1. The second-order valence-electron chi connectivity index (χ2n) is 23.5. The van der Waals surface area contributed by atoms with Crippen LogP contribution >= 0.6 is 7.82 Å². The molecule has 0 spiro atoms. The van der Waals surface area contributed by atoms with Crippen molar-refractivity contribution in [3.8, 4) is 5.75 Å². The molecular weight excluding hydrogens is 988 g/mol. The summed E-state index contributed by atoms with van der Waals surface area (Å²) in [5.74, 6) is -1.11. The Bertz CT molecular complexity index is 2420. The predicted molar refractivity (Wildman–Crippen MR) is 289 cm³/mol. The summed E-state index contributed by atoms with van der Waals surface area (Å²) in [6.07, 6.45) is 17.1. The first kappa shape index (κ1) is 58.5. The molecule has 1 aliphatic heterocycles. The van der Waals surface area contributed by atoms with Crippen molar-refractivity contribution in [2.45, 2.75) is 180 Å². The molecule has 8 rings (SSSR count). The average molecular weight is 1080 g/mol.